The SMILES string of the molecule is CC1CCCC2(C)OC2CC1. The van der Waals surface area contributed by atoms with E-state index in [1.165, 1.54) is 32.1 Å². The van der Waals surface area contributed by atoms with Gasteiger partial charge in [0.25, 0.3) is 0 Å². The van der Waals surface area contributed by atoms with Crippen molar-refractivity contribution in [3.8, 4) is 0 Å². The smallest absolute Gasteiger partial charge is 0.0920 e. The molecule has 64 valence electrons. The van der Waals surface area contributed by atoms with Crippen molar-refractivity contribution in [2.24, 2.45) is 5.92 Å². The van der Waals surface area contributed by atoms with Gasteiger partial charge in [-0.15, -0.1) is 0 Å². The second kappa shape index (κ2) is 2.48. The van der Waals surface area contributed by atoms with E-state index in [-0.39, 0.29) is 0 Å². The number of epoxide rings is 1. The maximum Gasteiger partial charge on any atom is 0.0920 e. The summed E-state index contributed by atoms with van der Waals surface area (Å²) in [5.41, 5.74) is 0.306. The van der Waals surface area contributed by atoms with E-state index in [1.807, 2.05) is 0 Å². The number of ether oxygens (including phenoxy) is 1. The quantitative estimate of drug-likeness (QED) is 0.489. The van der Waals surface area contributed by atoms with Crippen molar-refractivity contribution in [3.05, 3.63) is 0 Å². The molecule has 1 nitrogen and oxygen atoms in total. The Morgan fingerprint density at radius 3 is 2.91 bits per heavy atom. The fourth-order valence-electron chi connectivity index (χ4n) is 2.26. The summed E-state index contributed by atoms with van der Waals surface area (Å²) in [5, 5.41) is 0. The zero-order chi connectivity index (χ0) is 7.90. The van der Waals surface area contributed by atoms with Gasteiger partial charge in [-0.25, -0.2) is 0 Å². The minimum atomic E-state index is 0.306. The summed E-state index contributed by atoms with van der Waals surface area (Å²) in [5.74, 6) is 0.934. The van der Waals surface area contributed by atoms with Crippen LogP contribution in [0.2, 0.25) is 0 Å². The highest BCUT2D eigenvalue weighted by Gasteiger charge is 2.51. The summed E-state index contributed by atoms with van der Waals surface area (Å²) in [6, 6.07) is 0. The zero-order valence-corrected chi connectivity index (χ0v) is 7.60. The number of fused-ring (bicyclic) bond motifs is 1. The third kappa shape index (κ3) is 1.44. The summed E-state index contributed by atoms with van der Waals surface area (Å²) >= 11 is 0. The molecule has 2 aliphatic rings. The molecule has 1 saturated heterocycles. The van der Waals surface area contributed by atoms with Gasteiger partial charge in [0.2, 0.25) is 0 Å². The molecule has 1 heterocycles. The third-order valence-corrected chi connectivity index (χ3v) is 3.33. The molecule has 2 rings (SSSR count). The average Bonchev–Trinajstić information content (AvgIpc) is 2.54. The molecule has 0 aromatic heterocycles. The Morgan fingerprint density at radius 1 is 1.27 bits per heavy atom. The van der Waals surface area contributed by atoms with E-state index in [2.05, 4.69) is 13.8 Å². The van der Waals surface area contributed by atoms with Gasteiger partial charge >= 0.3 is 0 Å². The van der Waals surface area contributed by atoms with Crippen LogP contribution in [0.1, 0.15) is 46.0 Å². The average molecular weight is 154 g/mol. The maximum atomic E-state index is 5.67. The lowest BCUT2D eigenvalue weighted by Crippen LogP contribution is -2.14. The second-order valence-corrected chi connectivity index (χ2v) is 4.49. The number of hydrogen-bond donors (Lipinski definition) is 0. The minimum Gasteiger partial charge on any atom is -0.366 e. The van der Waals surface area contributed by atoms with Crippen LogP contribution in [0.5, 0.6) is 0 Å². The molecule has 0 aromatic rings. The van der Waals surface area contributed by atoms with E-state index in [1.54, 1.807) is 0 Å². The van der Waals surface area contributed by atoms with E-state index >= 15 is 0 Å². The molecule has 11 heavy (non-hydrogen) atoms. The van der Waals surface area contributed by atoms with Crippen LogP contribution in [0.15, 0.2) is 0 Å². The van der Waals surface area contributed by atoms with E-state index in [0.717, 1.165) is 5.92 Å². The molecule has 0 aromatic carbocycles. The highest BCUT2D eigenvalue weighted by molar-refractivity contribution is 4.99. The van der Waals surface area contributed by atoms with Gasteiger partial charge in [-0.2, -0.15) is 0 Å². The van der Waals surface area contributed by atoms with Crippen molar-refractivity contribution < 1.29 is 4.74 Å². The second-order valence-electron chi connectivity index (χ2n) is 4.49. The fourth-order valence-corrected chi connectivity index (χ4v) is 2.26. The lowest BCUT2D eigenvalue weighted by Gasteiger charge is -2.15. The minimum absolute atomic E-state index is 0.306. The van der Waals surface area contributed by atoms with Crippen molar-refractivity contribution in [1.82, 2.24) is 0 Å². The van der Waals surface area contributed by atoms with Crippen molar-refractivity contribution in [3.63, 3.8) is 0 Å². The predicted molar refractivity (Wildman–Crippen MR) is 45.5 cm³/mol. The van der Waals surface area contributed by atoms with Gasteiger partial charge in [-0.1, -0.05) is 19.8 Å². The first-order valence-corrected chi connectivity index (χ1v) is 4.88. The van der Waals surface area contributed by atoms with Crippen LogP contribution in [0.3, 0.4) is 0 Å². The largest absolute Gasteiger partial charge is 0.366 e. The van der Waals surface area contributed by atoms with Gasteiger partial charge in [-0.3, -0.25) is 0 Å². The van der Waals surface area contributed by atoms with Crippen LogP contribution in [0.4, 0.5) is 0 Å². The summed E-state index contributed by atoms with van der Waals surface area (Å²) in [4.78, 5) is 0. The lowest BCUT2D eigenvalue weighted by atomic mass is 9.88. The Bertz CT molecular complexity index is 155. The standard InChI is InChI=1S/C10H18O/c1-8-4-3-7-10(2)9(11-10)6-5-8/h8-9H,3-7H2,1-2H3. The van der Waals surface area contributed by atoms with Crippen LogP contribution in [0, 0.1) is 5.92 Å². The lowest BCUT2D eigenvalue weighted by molar-refractivity contribution is 0.293. The van der Waals surface area contributed by atoms with Crippen LogP contribution in [-0.2, 0) is 4.74 Å². The normalized spacial score (nSPS) is 50.7. The van der Waals surface area contributed by atoms with Crippen molar-refractivity contribution in [1.29, 1.82) is 0 Å². The first-order valence-electron chi connectivity index (χ1n) is 4.88. The Morgan fingerprint density at radius 2 is 2.09 bits per heavy atom. The molecule has 1 saturated carbocycles. The molecule has 3 atom stereocenters. The zero-order valence-electron chi connectivity index (χ0n) is 7.60. The first kappa shape index (κ1) is 7.60. The number of rotatable bonds is 0. The van der Waals surface area contributed by atoms with E-state index < -0.39 is 0 Å². The Labute approximate surface area is 69.1 Å². The first-order chi connectivity index (χ1) is 5.21. The summed E-state index contributed by atoms with van der Waals surface area (Å²) in [6.07, 6.45) is 7.37. The highest BCUT2D eigenvalue weighted by Crippen LogP contribution is 2.45. The molecule has 0 bridgehead atoms. The molecule has 1 heteroatoms. The van der Waals surface area contributed by atoms with Crippen LogP contribution in [-0.4, -0.2) is 11.7 Å². The van der Waals surface area contributed by atoms with E-state index in [0.29, 0.717) is 11.7 Å². The molecular weight excluding hydrogens is 136 g/mol. The number of hydrogen-bond acceptors (Lipinski definition) is 1. The van der Waals surface area contributed by atoms with Crippen molar-refractivity contribution in [2.45, 2.75) is 57.7 Å². The molecular formula is C10H18O. The van der Waals surface area contributed by atoms with E-state index in [9.17, 15) is 0 Å². The summed E-state index contributed by atoms with van der Waals surface area (Å²) < 4.78 is 5.67. The van der Waals surface area contributed by atoms with Gasteiger partial charge in [0.15, 0.2) is 0 Å². The molecule has 0 amide bonds. The molecule has 0 radical (unpaired) electrons. The van der Waals surface area contributed by atoms with E-state index in [4.69, 9.17) is 4.74 Å². The summed E-state index contributed by atoms with van der Waals surface area (Å²) in [7, 11) is 0. The molecule has 1 aliphatic carbocycles. The monoisotopic (exact) mass is 154 g/mol. The van der Waals surface area contributed by atoms with Crippen molar-refractivity contribution in [2.75, 3.05) is 0 Å². The van der Waals surface area contributed by atoms with Crippen molar-refractivity contribution >= 4 is 0 Å². The highest BCUT2D eigenvalue weighted by atomic mass is 16.6. The summed E-state index contributed by atoms with van der Waals surface area (Å²) in [6.45, 7) is 4.64. The molecule has 1 aliphatic heterocycles. The Balaban J connectivity index is 1.91. The Kier molecular flexibility index (Phi) is 1.71. The fraction of sp³-hybridized carbons (Fsp3) is 1.00. The molecule has 0 N–H and O–H groups in total. The van der Waals surface area contributed by atoms with Gasteiger partial charge in [0.1, 0.15) is 0 Å². The van der Waals surface area contributed by atoms with Crippen LogP contribution < -0.4 is 0 Å². The van der Waals surface area contributed by atoms with Gasteiger partial charge < -0.3 is 4.74 Å². The van der Waals surface area contributed by atoms with Gasteiger partial charge in [0.05, 0.1) is 11.7 Å². The molecule has 3 unspecified atom stereocenters. The Hall–Kier alpha value is -0.0400. The van der Waals surface area contributed by atoms with Gasteiger partial charge in [0, 0.05) is 0 Å². The van der Waals surface area contributed by atoms with Crippen LogP contribution >= 0.6 is 0 Å². The maximum absolute atomic E-state index is 5.67. The van der Waals surface area contributed by atoms with Gasteiger partial charge in [-0.05, 0) is 32.1 Å². The molecule has 2 fully saturated rings. The third-order valence-electron chi connectivity index (χ3n) is 3.33. The molecule has 0 spiro atoms. The topological polar surface area (TPSA) is 12.5 Å². The van der Waals surface area contributed by atoms with Crippen LogP contribution in [0.25, 0.3) is 0 Å². The predicted octanol–water partition coefficient (Wildman–Crippen LogP) is 2.74.